The van der Waals surface area contributed by atoms with Gasteiger partial charge < -0.3 is 14.7 Å². The van der Waals surface area contributed by atoms with Crippen molar-refractivity contribution < 1.29 is 9.32 Å². The van der Waals surface area contributed by atoms with Crippen molar-refractivity contribution in [1.82, 2.24) is 25.0 Å². The third kappa shape index (κ3) is 3.36. The van der Waals surface area contributed by atoms with Gasteiger partial charge >= 0.3 is 6.03 Å². The molecule has 124 valence electrons. The summed E-state index contributed by atoms with van der Waals surface area (Å²) in [6, 6.07) is 1.83. The molecule has 0 unspecified atom stereocenters. The molecule has 0 radical (unpaired) electrons. The van der Waals surface area contributed by atoms with Gasteiger partial charge in [-0.2, -0.15) is 0 Å². The number of urea groups is 1. The van der Waals surface area contributed by atoms with E-state index in [-0.39, 0.29) is 12.1 Å². The van der Waals surface area contributed by atoms with Crippen molar-refractivity contribution >= 4 is 17.6 Å². The molecule has 2 aromatic rings. The van der Waals surface area contributed by atoms with Gasteiger partial charge in [-0.1, -0.05) is 23.5 Å². The minimum atomic E-state index is -0.0729. The Labute approximate surface area is 139 Å². The van der Waals surface area contributed by atoms with Gasteiger partial charge in [0.25, 0.3) is 0 Å². The molecule has 0 aromatic carbocycles. The predicted octanol–water partition coefficient (Wildman–Crippen LogP) is 3.00. The SMILES string of the molecule is Cc1cc([C@H]2CCCN2C(=O)NCc2snnc2C(C)C)no1. The molecule has 0 saturated carbocycles. The second kappa shape index (κ2) is 6.66. The second-order valence-electron chi connectivity index (χ2n) is 6.11. The van der Waals surface area contributed by atoms with Gasteiger partial charge in [-0.05, 0) is 37.2 Å². The maximum Gasteiger partial charge on any atom is 0.318 e. The molecule has 2 amide bonds. The molecule has 1 aliphatic heterocycles. The number of hydrogen-bond acceptors (Lipinski definition) is 6. The van der Waals surface area contributed by atoms with E-state index >= 15 is 0 Å². The Morgan fingerprint density at radius 3 is 3.09 bits per heavy atom. The van der Waals surface area contributed by atoms with Crippen LogP contribution in [0.5, 0.6) is 0 Å². The van der Waals surface area contributed by atoms with E-state index in [4.69, 9.17) is 4.52 Å². The van der Waals surface area contributed by atoms with Crippen LogP contribution in [0.15, 0.2) is 10.6 Å². The zero-order valence-corrected chi connectivity index (χ0v) is 14.4. The largest absolute Gasteiger partial charge is 0.361 e. The van der Waals surface area contributed by atoms with Crippen molar-refractivity contribution in [3.05, 3.63) is 28.1 Å². The molecule has 0 aliphatic carbocycles. The van der Waals surface area contributed by atoms with Crippen molar-refractivity contribution in [3.63, 3.8) is 0 Å². The van der Waals surface area contributed by atoms with Crippen molar-refractivity contribution in [2.24, 2.45) is 0 Å². The van der Waals surface area contributed by atoms with Crippen LogP contribution in [-0.2, 0) is 6.54 Å². The molecule has 1 saturated heterocycles. The topological polar surface area (TPSA) is 84.2 Å². The molecule has 1 N–H and O–H groups in total. The number of aryl methyl sites for hydroxylation is 1. The van der Waals surface area contributed by atoms with E-state index in [0.717, 1.165) is 41.4 Å². The number of carbonyl (C=O) groups excluding carboxylic acids is 1. The molecular weight excluding hydrogens is 314 g/mol. The highest BCUT2D eigenvalue weighted by atomic mass is 32.1. The number of hydrogen-bond donors (Lipinski definition) is 1. The summed E-state index contributed by atoms with van der Waals surface area (Å²) in [5.74, 6) is 1.07. The van der Waals surface area contributed by atoms with Crippen LogP contribution in [0.2, 0.25) is 0 Å². The molecule has 1 aliphatic rings. The molecule has 1 fully saturated rings. The summed E-state index contributed by atoms with van der Waals surface area (Å²) in [6.45, 7) is 7.21. The Kier molecular flexibility index (Phi) is 4.61. The first kappa shape index (κ1) is 15.9. The van der Waals surface area contributed by atoms with Crippen LogP contribution in [0, 0.1) is 6.92 Å². The molecule has 2 aromatic heterocycles. The zero-order valence-electron chi connectivity index (χ0n) is 13.6. The quantitative estimate of drug-likeness (QED) is 0.928. The van der Waals surface area contributed by atoms with Crippen LogP contribution in [0.25, 0.3) is 0 Å². The van der Waals surface area contributed by atoms with Crippen LogP contribution in [0.1, 0.15) is 60.7 Å². The maximum absolute atomic E-state index is 12.5. The lowest BCUT2D eigenvalue weighted by Gasteiger charge is -2.23. The smallest absolute Gasteiger partial charge is 0.318 e. The van der Waals surface area contributed by atoms with Crippen molar-refractivity contribution in [3.8, 4) is 0 Å². The highest BCUT2D eigenvalue weighted by Gasteiger charge is 2.32. The van der Waals surface area contributed by atoms with E-state index in [1.807, 2.05) is 17.9 Å². The van der Waals surface area contributed by atoms with Crippen LogP contribution in [-0.4, -0.2) is 32.2 Å². The summed E-state index contributed by atoms with van der Waals surface area (Å²) in [5, 5.41) is 11.2. The molecule has 0 spiro atoms. The fourth-order valence-electron chi connectivity index (χ4n) is 2.89. The minimum Gasteiger partial charge on any atom is -0.361 e. The van der Waals surface area contributed by atoms with Crippen molar-refractivity contribution in [2.75, 3.05) is 6.54 Å². The zero-order chi connectivity index (χ0) is 16.4. The fourth-order valence-corrected chi connectivity index (χ4v) is 3.63. The predicted molar refractivity (Wildman–Crippen MR) is 86.2 cm³/mol. The number of nitrogens with zero attached hydrogens (tertiary/aromatic N) is 4. The monoisotopic (exact) mass is 335 g/mol. The first-order valence-corrected chi connectivity index (χ1v) is 8.62. The highest BCUT2D eigenvalue weighted by molar-refractivity contribution is 7.05. The van der Waals surface area contributed by atoms with Crippen LogP contribution in [0.4, 0.5) is 4.79 Å². The lowest BCUT2D eigenvalue weighted by Crippen LogP contribution is -2.39. The van der Waals surface area contributed by atoms with E-state index < -0.39 is 0 Å². The molecule has 3 rings (SSSR count). The van der Waals surface area contributed by atoms with Crippen LogP contribution < -0.4 is 5.32 Å². The average molecular weight is 335 g/mol. The van der Waals surface area contributed by atoms with Gasteiger partial charge in [0.15, 0.2) is 0 Å². The van der Waals surface area contributed by atoms with E-state index in [1.165, 1.54) is 11.5 Å². The molecule has 0 bridgehead atoms. The first-order chi connectivity index (χ1) is 11.1. The first-order valence-electron chi connectivity index (χ1n) is 7.85. The number of carbonyl (C=O) groups is 1. The number of amides is 2. The molecule has 8 heteroatoms. The summed E-state index contributed by atoms with van der Waals surface area (Å²) >= 11 is 1.34. The summed E-state index contributed by atoms with van der Waals surface area (Å²) in [7, 11) is 0. The van der Waals surface area contributed by atoms with Gasteiger partial charge in [0.1, 0.15) is 11.5 Å². The molecule has 1 atom stereocenters. The van der Waals surface area contributed by atoms with Crippen molar-refractivity contribution in [2.45, 2.75) is 52.1 Å². The summed E-state index contributed by atoms with van der Waals surface area (Å²) < 4.78 is 9.13. The number of rotatable bonds is 4. The Bertz CT molecular complexity index is 681. The van der Waals surface area contributed by atoms with Gasteiger partial charge in [0, 0.05) is 12.6 Å². The maximum atomic E-state index is 12.5. The highest BCUT2D eigenvalue weighted by Crippen LogP contribution is 2.31. The van der Waals surface area contributed by atoms with E-state index in [0.29, 0.717) is 12.5 Å². The molecular formula is C15H21N5O2S. The third-order valence-electron chi connectivity index (χ3n) is 4.03. The lowest BCUT2D eigenvalue weighted by atomic mass is 10.1. The number of nitrogens with one attached hydrogen (secondary N) is 1. The van der Waals surface area contributed by atoms with E-state index in [1.54, 1.807) is 0 Å². The summed E-state index contributed by atoms with van der Waals surface area (Å²) in [4.78, 5) is 15.4. The van der Waals surface area contributed by atoms with E-state index in [2.05, 4.69) is 33.9 Å². The van der Waals surface area contributed by atoms with Gasteiger partial charge in [-0.25, -0.2) is 4.79 Å². The van der Waals surface area contributed by atoms with E-state index in [9.17, 15) is 4.79 Å². The molecule has 3 heterocycles. The average Bonchev–Trinajstić information content (AvgIpc) is 3.23. The molecule has 7 nitrogen and oxygen atoms in total. The third-order valence-corrected chi connectivity index (χ3v) is 4.77. The second-order valence-corrected chi connectivity index (χ2v) is 6.95. The summed E-state index contributed by atoms with van der Waals surface area (Å²) in [5.41, 5.74) is 1.79. The number of likely N-dealkylation sites (tertiary alicyclic amines) is 1. The Hall–Kier alpha value is -1.96. The fraction of sp³-hybridized carbons (Fsp3) is 0.600. The molecule has 23 heavy (non-hydrogen) atoms. The van der Waals surface area contributed by atoms with Gasteiger partial charge in [-0.3, -0.25) is 0 Å². The number of aromatic nitrogens is 3. The normalized spacial score (nSPS) is 17.9. The van der Waals surface area contributed by atoms with Crippen LogP contribution >= 0.6 is 11.5 Å². The van der Waals surface area contributed by atoms with Gasteiger partial charge in [0.2, 0.25) is 0 Å². The minimum absolute atomic E-state index is 0.00314. The summed E-state index contributed by atoms with van der Waals surface area (Å²) in [6.07, 6.45) is 1.89. The van der Waals surface area contributed by atoms with Crippen molar-refractivity contribution in [1.29, 1.82) is 0 Å². The van der Waals surface area contributed by atoms with Gasteiger partial charge in [-0.15, -0.1) is 5.10 Å². The standard InChI is InChI=1S/C15H21N5O2S/c1-9(2)14-13(23-19-17-14)8-16-15(21)20-6-4-5-12(20)11-7-10(3)22-18-11/h7,9,12H,4-6,8H2,1-3H3,(H,16,21)/t12-/m1/s1. The Morgan fingerprint density at radius 1 is 1.57 bits per heavy atom. The van der Waals surface area contributed by atoms with Crippen LogP contribution in [0.3, 0.4) is 0 Å². The lowest BCUT2D eigenvalue weighted by molar-refractivity contribution is 0.190. The Morgan fingerprint density at radius 2 is 2.39 bits per heavy atom. The Balaban J connectivity index is 1.64. The van der Waals surface area contributed by atoms with Gasteiger partial charge in [0.05, 0.1) is 23.2 Å².